The third kappa shape index (κ3) is 4.88. The fraction of sp³-hybridized carbons (Fsp3) is 0.417. The largest absolute Gasteiger partial charge is 0.351 e. The number of primary amides is 1. The van der Waals surface area contributed by atoms with Gasteiger partial charge in [0.2, 0.25) is 10.0 Å². The lowest BCUT2D eigenvalue weighted by molar-refractivity contribution is 0.259. The summed E-state index contributed by atoms with van der Waals surface area (Å²) in [7, 11) is -3.64. The Bertz CT molecular complexity index is 529. The minimum Gasteiger partial charge on any atom is -0.351 e. The zero-order valence-corrected chi connectivity index (χ0v) is 11.7. The van der Waals surface area contributed by atoms with Gasteiger partial charge in [-0.3, -0.25) is 0 Å². The summed E-state index contributed by atoms with van der Waals surface area (Å²) in [6.07, 6.45) is 2.76. The molecule has 2 amide bonds. The number of para-hydroxylation sites is 1. The van der Waals surface area contributed by atoms with Crippen LogP contribution in [0, 0.1) is 0 Å². The molecule has 6 nitrogen and oxygen atoms in total. The summed E-state index contributed by atoms with van der Waals surface area (Å²) >= 11 is 0. The van der Waals surface area contributed by atoms with Crippen LogP contribution in [0.5, 0.6) is 0 Å². The summed E-state index contributed by atoms with van der Waals surface area (Å²) in [5.41, 5.74) is 5.19. The molecule has 19 heavy (non-hydrogen) atoms. The van der Waals surface area contributed by atoms with E-state index in [2.05, 4.69) is 10.0 Å². The zero-order chi connectivity index (χ0) is 14.3. The van der Waals surface area contributed by atoms with Crippen LogP contribution in [0.25, 0.3) is 0 Å². The molecule has 0 aromatic heterocycles. The summed E-state index contributed by atoms with van der Waals surface area (Å²) in [6, 6.07) is 5.33. The lowest BCUT2D eigenvalue weighted by Gasteiger charge is -2.11. The van der Waals surface area contributed by atoms with Gasteiger partial charge in [-0.25, -0.2) is 17.9 Å². The molecular formula is C12H19N3O3S. The first kappa shape index (κ1) is 15.5. The highest BCUT2D eigenvalue weighted by Gasteiger charge is 2.18. The van der Waals surface area contributed by atoms with Crippen LogP contribution in [-0.4, -0.2) is 21.0 Å². The van der Waals surface area contributed by atoms with Gasteiger partial charge in [-0.1, -0.05) is 31.9 Å². The van der Waals surface area contributed by atoms with E-state index < -0.39 is 16.1 Å². The van der Waals surface area contributed by atoms with Gasteiger partial charge in [-0.05, 0) is 18.6 Å². The predicted octanol–water partition coefficient (Wildman–Crippen LogP) is 1.65. The van der Waals surface area contributed by atoms with E-state index >= 15 is 0 Å². The van der Waals surface area contributed by atoms with E-state index in [4.69, 9.17) is 5.73 Å². The number of amides is 2. The van der Waals surface area contributed by atoms with Gasteiger partial charge in [0, 0.05) is 6.54 Å². The van der Waals surface area contributed by atoms with E-state index in [0.717, 1.165) is 19.3 Å². The first-order valence-electron chi connectivity index (χ1n) is 6.12. The van der Waals surface area contributed by atoms with E-state index in [-0.39, 0.29) is 10.6 Å². The molecule has 0 bridgehead atoms. The Morgan fingerprint density at radius 2 is 1.95 bits per heavy atom. The van der Waals surface area contributed by atoms with Crippen LogP contribution in [0.3, 0.4) is 0 Å². The molecule has 1 aromatic carbocycles. The molecule has 1 rings (SSSR count). The van der Waals surface area contributed by atoms with E-state index in [1.54, 1.807) is 12.1 Å². The highest BCUT2D eigenvalue weighted by molar-refractivity contribution is 7.89. The third-order valence-corrected chi connectivity index (χ3v) is 4.03. The highest BCUT2D eigenvalue weighted by Crippen LogP contribution is 2.20. The quantitative estimate of drug-likeness (QED) is 0.664. The van der Waals surface area contributed by atoms with E-state index in [0.29, 0.717) is 6.54 Å². The predicted molar refractivity (Wildman–Crippen MR) is 74.4 cm³/mol. The number of hydrogen-bond acceptors (Lipinski definition) is 3. The number of carbonyl (C=O) groups excluding carboxylic acids is 1. The van der Waals surface area contributed by atoms with Crippen LogP contribution in [0.2, 0.25) is 0 Å². The van der Waals surface area contributed by atoms with Crippen molar-refractivity contribution in [3.8, 4) is 0 Å². The average Bonchev–Trinajstić information content (AvgIpc) is 2.34. The molecule has 0 radical (unpaired) electrons. The topological polar surface area (TPSA) is 101 Å². The van der Waals surface area contributed by atoms with Crippen molar-refractivity contribution < 1.29 is 13.2 Å². The molecule has 7 heteroatoms. The van der Waals surface area contributed by atoms with Crippen molar-refractivity contribution in [3.63, 3.8) is 0 Å². The molecular weight excluding hydrogens is 266 g/mol. The van der Waals surface area contributed by atoms with Gasteiger partial charge >= 0.3 is 6.03 Å². The van der Waals surface area contributed by atoms with Crippen LogP contribution < -0.4 is 15.8 Å². The fourth-order valence-corrected chi connectivity index (χ4v) is 2.83. The number of nitrogens with two attached hydrogens (primary N) is 1. The number of urea groups is 1. The molecule has 0 unspecified atom stereocenters. The maximum absolute atomic E-state index is 12.1. The second-order valence-corrected chi connectivity index (χ2v) is 5.83. The van der Waals surface area contributed by atoms with Crippen LogP contribution >= 0.6 is 0 Å². The van der Waals surface area contributed by atoms with Gasteiger partial charge in [0.15, 0.2) is 0 Å². The lowest BCUT2D eigenvalue weighted by Crippen LogP contribution is -2.27. The number of sulfonamides is 1. The summed E-state index contributed by atoms with van der Waals surface area (Å²) in [6.45, 7) is 2.42. The van der Waals surface area contributed by atoms with Crippen molar-refractivity contribution in [2.24, 2.45) is 5.73 Å². The molecule has 0 fully saturated rings. The number of anilines is 1. The van der Waals surface area contributed by atoms with Crippen molar-refractivity contribution >= 4 is 21.7 Å². The zero-order valence-electron chi connectivity index (χ0n) is 10.8. The van der Waals surface area contributed by atoms with Crippen LogP contribution in [0.1, 0.15) is 26.2 Å². The van der Waals surface area contributed by atoms with Gasteiger partial charge in [-0.2, -0.15) is 0 Å². The van der Waals surface area contributed by atoms with E-state index in [1.807, 2.05) is 6.92 Å². The number of nitrogens with one attached hydrogen (secondary N) is 2. The molecule has 0 spiro atoms. The third-order valence-electron chi connectivity index (χ3n) is 2.51. The van der Waals surface area contributed by atoms with Crippen LogP contribution in [-0.2, 0) is 10.0 Å². The maximum Gasteiger partial charge on any atom is 0.316 e. The van der Waals surface area contributed by atoms with E-state index in [9.17, 15) is 13.2 Å². The molecule has 0 aliphatic rings. The van der Waals surface area contributed by atoms with Gasteiger partial charge in [0.25, 0.3) is 0 Å². The molecule has 0 atom stereocenters. The van der Waals surface area contributed by atoms with E-state index in [1.165, 1.54) is 12.1 Å². The van der Waals surface area contributed by atoms with Gasteiger partial charge in [-0.15, -0.1) is 0 Å². The normalized spacial score (nSPS) is 11.2. The van der Waals surface area contributed by atoms with Crippen LogP contribution in [0.15, 0.2) is 29.2 Å². The number of carbonyl (C=O) groups is 1. The highest BCUT2D eigenvalue weighted by atomic mass is 32.2. The average molecular weight is 285 g/mol. The molecule has 0 heterocycles. The molecule has 0 aliphatic heterocycles. The minimum absolute atomic E-state index is 0.0188. The van der Waals surface area contributed by atoms with Crippen molar-refractivity contribution in [2.45, 2.75) is 31.1 Å². The van der Waals surface area contributed by atoms with Crippen LogP contribution in [0.4, 0.5) is 10.5 Å². The smallest absolute Gasteiger partial charge is 0.316 e. The molecule has 4 N–H and O–H groups in total. The summed E-state index contributed by atoms with van der Waals surface area (Å²) < 4.78 is 26.7. The molecule has 106 valence electrons. The van der Waals surface area contributed by atoms with Crippen molar-refractivity contribution in [1.29, 1.82) is 0 Å². The summed E-state index contributed by atoms with van der Waals surface area (Å²) in [4.78, 5) is 10.9. The van der Waals surface area contributed by atoms with Gasteiger partial charge < -0.3 is 11.1 Å². The Morgan fingerprint density at radius 3 is 2.58 bits per heavy atom. The fourth-order valence-electron chi connectivity index (χ4n) is 1.60. The van der Waals surface area contributed by atoms with Crippen molar-refractivity contribution in [2.75, 3.05) is 11.9 Å². The SMILES string of the molecule is CCCCCNS(=O)(=O)c1ccccc1NC(N)=O. The minimum atomic E-state index is -3.64. The second-order valence-electron chi connectivity index (χ2n) is 4.09. The molecule has 0 aliphatic carbocycles. The Kier molecular flexibility index (Phi) is 5.78. The van der Waals surface area contributed by atoms with Gasteiger partial charge in [0.05, 0.1) is 5.69 Å². The Morgan fingerprint density at radius 1 is 1.26 bits per heavy atom. The van der Waals surface area contributed by atoms with Gasteiger partial charge in [0.1, 0.15) is 4.90 Å². The molecule has 0 saturated heterocycles. The van der Waals surface area contributed by atoms with Crippen molar-refractivity contribution in [1.82, 2.24) is 4.72 Å². The standard InChI is InChI=1S/C12H19N3O3S/c1-2-3-6-9-14-19(17,18)11-8-5-4-7-10(11)15-12(13)16/h4-5,7-8,14H,2-3,6,9H2,1H3,(H3,13,15,16). The maximum atomic E-state index is 12.1. The van der Waals surface area contributed by atoms with Crippen molar-refractivity contribution in [3.05, 3.63) is 24.3 Å². The number of benzene rings is 1. The Hall–Kier alpha value is -1.60. The first-order valence-corrected chi connectivity index (χ1v) is 7.61. The lowest BCUT2D eigenvalue weighted by atomic mass is 10.3. The number of unbranched alkanes of at least 4 members (excludes halogenated alkanes) is 2. The molecule has 1 aromatic rings. The molecule has 0 saturated carbocycles. The summed E-state index contributed by atoms with van der Waals surface area (Å²) in [5.74, 6) is 0. The second kappa shape index (κ2) is 7.10. The first-order chi connectivity index (χ1) is 8.97. The Balaban J connectivity index is 2.85. The number of hydrogen-bond donors (Lipinski definition) is 3. The number of rotatable bonds is 7. The Labute approximate surface area is 113 Å². The monoisotopic (exact) mass is 285 g/mol. The summed E-state index contributed by atoms with van der Waals surface area (Å²) in [5, 5.41) is 2.30.